The van der Waals surface area contributed by atoms with Crippen molar-refractivity contribution in [2.24, 2.45) is 0 Å². The zero-order valence-corrected chi connectivity index (χ0v) is 14.3. The summed E-state index contributed by atoms with van der Waals surface area (Å²) in [6.07, 6.45) is 0. The summed E-state index contributed by atoms with van der Waals surface area (Å²) in [5.41, 5.74) is 3.53. The van der Waals surface area contributed by atoms with Crippen LogP contribution in [0.3, 0.4) is 0 Å². The average molecular weight is 354 g/mol. The summed E-state index contributed by atoms with van der Waals surface area (Å²) in [6.45, 7) is 0. The Bertz CT molecular complexity index is 820. The van der Waals surface area contributed by atoms with Crippen molar-refractivity contribution in [1.82, 2.24) is 0 Å². The van der Waals surface area contributed by atoms with E-state index in [0.717, 1.165) is 25.7 Å². The van der Waals surface area contributed by atoms with Gasteiger partial charge in [0.15, 0.2) is 0 Å². The molecule has 1 heterocycles. The van der Waals surface area contributed by atoms with Gasteiger partial charge in [-0.2, -0.15) is 0 Å². The van der Waals surface area contributed by atoms with E-state index in [9.17, 15) is 4.79 Å². The van der Waals surface area contributed by atoms with E-state index in [4.69, 9.17) is 0 Å². The molecule has 0 fully saturated rings. The molecule has 3 aromatic rings. The second kappa shape index (κ2) is 6.35. The third kappa shape index (κ3) is 3.22. The van der Waals surface area contributed by atoms with Gasteiger partial charge in [-0.05, 0) is 0 Å². The quantitative estimate of drug-likeness (QED) is 0.671. The molecule has 1 aromatic heterocycles. The minimum atomic E-state index is 0.0821. The minimum absolute atomic E-state index is 0.0821. The average Bonchev–Trinajstić information content (AvgIpc) is 2.55. The van der Waals surface area contributed by atoms with Gasteiger partial charge in [0.25, 0.3) is 0 Å². The molecule has 0 saturated heterocycles. The molecule has 2 aromatic carbocycles. The van der Waals surface area contributed by atoms with Gasteiger partial charge in [0.05, 0.1) is 0 Å². The Morgan fingerprint density at radius 2 is 1.32 bits per heavy atom. The van der Waals surface area contributed by atoms with Gasteiger partial charge in [-0.15, -0.1) is 0 Å². The Kier molecular flexibility index (Phi) is 4.28. The third-order valence-electron chi connectivity index (χ3n) is 3.49. The Hall–Kier alpha value is -2.09. The first kappa shape index (κ1) is 14.8. The summed E-state index contributed by atoms with van der Waals surface area (Å²) in [7, 11) is 4.05. The first-order valence-electron chi connectivity index (χ1n) is 7.12. The normalized spacial score (nSPS) is 10.5. The van der Waals surface area contributed by atoms with Crippen LogP contribution in [0.5, 0.6) is 0 Å². The summed E-state index contributed by atoms with van der Waals surface area (Å²) < 4.78 is 2.29. The molecule has 0 aliphatic rings. The molecule has 110 valence electrons. The van der Waals surface area contributed by atoms with Gasteiger partial charge in [0.2, 0.25) is 0 Å². The maximum absolute atomic E-state index is 12.1. The van der Waals surface area contributed by atoms with Gasteiger partial charge >= 0.3 is 136 Å². The number of rotatable bonds is 3. The van der Waals surface area contributed by atoms with E-state index < -0.39 is 0 Å². The molecule has 0 aliphatic carbocycles. The van der Waals surface area contributed by atoms with E-state index in [-0.39, 0.29) is 19.9 Å². The van der Waals surface area contributed by atoms with Gasteiger partial charge in [-0.3, -0.25) is 0 Å². The van der Waals surface area contributed by atoms with Gasteiger partial charge in [-0.1, -0.05) is 0 Å². The fourth-order valence-corrected chi connectivity index (χ4v) is 4.59. The fourth-order valence-electron chi connectivity index (χ4n) is 2.29. The number of benzene rings is 2. The molecule has 0 bridgehead atoms. The van der Waals surface area contributed by atoms with E-state index in [0.29, 0.717) is 0 Å². The van der Waals surface area contributed by atoms with Crippen LogP contribution in [0.15, 0.2) is 71.5 Å². The summed E-state index contributed by atoms with van der Waals surface area (Å²) in [5.74, 6) is 0. The Morgan fingerprint density at radius 1 is 0.773 bits per heavy atom. The molecule has 3 heteroatoms. The molecule has 0 N–H and O–H groups in total. The molecule has 0 saturated carbocycles. The van der Waals surface area contributed by atoms with E-state index in [1.165, 1.54) is 0 Å². The van der Waals surface area contributed by atoms with Crippen molar-refractivity contribution < 1.29 is 0 Å². The molecule has 0 spiro atoms. The van der Waals surface area contributed by atoms with Crippen molar-refractivity contribution in [3.63, 3.8) is 0 Å². The van der Waals surface area contributed by atoms with Crippen LogP contribution in [0, 0.1) is 0 Å². The number of hydrogen-bond acceptors (Lipinski definition) is 2. The van der Waals surface area contributed by atoms with Gasteiger partial charge in [-0.25, -0.2) is 0 Å². The molecule has 0 unspecified atom stereocenters. The molecule has 0 aliphatic heterocycles. The van der Waals surface area contributed by atoms with Crippen LogP contribution in [0.25, 0.3) is 20.0 Å². The monoisotopic (exact) mass is 355 g/mol. The predicted octanol–water partition coefficient (Wildman–Crippen LogP) is 3.50. The number of hydrogen-bond donors (Lipinski definition) is 0. The summed E-state index contributed by atoms with van der Waals surface area (Å²) in [5, 5.41) is 0. The topological polar surface area (TPSA) is 20.3 Å². The zero-order valence-electron chi connectivity index (χ0n) is 12.6. The van der Waals surface area contributed by atoms with E-state index in [1.54, 1.807) is 12.1 Å². The van der Waals surface area contributed by atoms with Crippen LogP contribution in [0.4, 0.5) is 5.69 Å². The Morgan fingerprint density at radius 3 is 1.86 bits per heavy atom. The summed E-state index contributed by atoms with van der Waals surface area (Å²) in [6, 6.07) is 22.1. The van der Waals surface area contributed by atoms with Crippen molar-refractivity contribution in [2.45, 2.75) is 0 Å². The third-order valence-corrected chi connectivity index (χ3v) is 5.90. The maximum atomic E-state index is 12.1. The first-order valence-corrected chi connectivity index (χ1v) is 8.83. The molecule has 0 amide bonds. The van der Waals surface area contributed by atoms with E-state index in [1.807, 2.05) is 32.3 Å². The summed E-state index contributed by atoms with van der Waals surface area (Å²) >= 11 is 0.148. The second-order valence-electron chi connectivity index (χ2n) is 5.33. The Balaban J connectivity index is 2.04. The van der Waals surface area contributed by atoms with Crippen LogP contribution in [0.2, 0.25) is 0 Å². The van der Waals surface area contributed by atoms with Gasteiger partial charge < -0.3 is 0 Å². The van der Waals surface area contributed by atoms with Gasteiger partial charge in [0.1, 0.15) is 0 Å². The molecule has 22 heavy (non-hydrogen) atoms. The standard InChI is InChI=1S/C19H17NOSe/c1-20(2)16-10-8-15(9-11-16)19-13-17(21)12-18(22-19)14-6-4-3-5-7-14/h3-13H,1-2H3. The van der Waals surface area contributed by atoms with Crippen LogP contribution in [0.1, 0.15) is 0 Å². The molecule has 2 nitrogen and oxygen atoms in total. The molecule has 0 radical (unpaired) electrons. The van der Waals surface area contributed by atoms with Crippen molar-refractivity contribution in [1.29, 1.82) is 0 Å². The predicted molar refractivity (Wildman–Crippen MR) is 94.9 cm³/mol. The molecule has 3 rings (SSSR count). The molecular weight excluding hydrogens is 337 g/mol. The zero-order chi connectivity index (χ0) is 15.5. The molecule has 0 atom stereocenters. The van der Waals surface area contributed by atoms with E-state index >= 15 is 0 Å². The van der Waals surface area contributed by atoms with Crippen molar-refractivity contribution in [3.05, 3.63) is 77.0 Å². The fraction of sp³-hybridized carbons (Fsp3) is 0.105. The SMILES string of the molecule is CN(C)c1ccc(-c2cc(=O)cc(-c3ccccc3)[se]2)cc1. The first-order chi connectivity index (χ1) is 10.6. The molecular formula is C19H17NOSe. The number of anilines is 1. The van der Waals surface area contributed by atoms with Gasteiger partial charge in [0, 0.05) is 0 Å². The Labute approximate surface area is 136 Å². The number of nitrogens with zero attached hydrogens (tertiary/aromatic N) is 1. The summed E-state index contributed by atoms with van der Waals surface area (Å²) in [4.78, 5) is 14.1. The van der Waals surface area contributed by atoms with E-state index in [2.05, 4.69) is 41.3 Å². The van der Waals surface area contributed by atoms with Crippen molar-refractivity contribution >= 4 is 20.2 Å². The van der Waals surface area contributed by atoms with Crippen LogP contribution >= 0.6 is 0 Å². The van der Waals surface area contributed by atoms with Crippen LogP contribution < -0.4 is 10.3 Å². The van der Waals surface area contributed by atoms with Crippen LogP contribution in [-0.4, -0.2) is 28.6 Å². The van der Waals surface area contributed by atoms with Crippen molar-refractivity contribution in [2.75, 3.05) is 19.0 Å². The van der Waals surface area contributed by atoms with Crippen molar-refractivity contribution in [3.8, 4) is 20.0 Å². The van der Waals surface area contributed by atoms with Crippen LogP contribution in [-0.2, 0) is 0 Å². The second-order valence-corrected chi connectivity index (χ2v) is 7.60.